The molecule has 0 aliphatic rings. The zero-order valence-electron chi connectivity index (χ0n) is 10.7. The Kier molecular flexibility index (Phi) is 6.12. The van der Waals surface area contributed by atoms with Gasteiger partial charge in [0.25, 0.3) is 0 Å². The van der Waals surface area contributed by atoms with Crippen molar-refractivity contribution >= 4 is 18.2 Å². The van der Waals surface area contributed by atoms with Gasteiger partial charge in [-0.2, -0.15) is 0 Å². The van der Waals surface area contributed by atoms with Crippen LogP contribution in [-0.2, 0) is 14.3 Å². The van der Waals surface area contributed by atoms with E-state index in [1.165, 1.54) is 24.3 Å². The Hall–Kier alpha value is -2.13. The smallest absolute Gasteiger partial charge is 0.345 e. The van der Waals surface area contributed by atoms with E-state index in [0.29, 0.717) is 0 Å². The Balaban J connectivity index is 2.66. The molecule has 114 valence electrons. The molecule has 0 aliphatic heterocycles. The van der Waals surface area contributed by atoms with Crippen LogP contribution in [0.15, 0.2) is 30.3 Å². The first-order valence-corrected chi connectivity index (χ1v) is 5.87. The Labute approximate surface area is 119 Å². The molecular weight excluding hydrogens is 284 g/mol. The van der Waals surface area contributed by atoms with Crippen molar-refractivity contribution in [2.45, 2.75) is 24.4 Å². The van der Waals surface area contributed by atoms with Crippen molar-refractivity contribution < 1.29 is 39.5 Å². The molecule has 0 heterocycles. The molecule has 0 saturated heterocycles. The number of benzene rings is 1. The van der Waals surface area contributed by atoms with Gasteiger partial charge in [-0.3, -0.25) is 0 Å². The quantitative estimate of drug-likeness (QED) is 0.269. The van der Waals surface area contributed by atoms with Crippen molar-refractivity contribution in [2.75, 3.05) is 0 Å². The Morgan fingerprint density at radius 1 is 1.00 bits per heavy atom. The van der Waals surface area contributed by atoms with Crippen molar-refractivity contribution in [2.24, 2.45) is 0 Å². The molecule has 8 heteroatoms. The van der Waals surface area contributed by atoms with Crippen LogP contribution in [0.1, 0.15) is 10.4 Å². The lowest BCUT2D eigenvalue weighted by molar-refractivity contribution is -0.164. The van der Waals surface area contributed by atoms with Crippen LogP contribution in [0.3, 0.4) is 0 Å². The molecule has 1 rings (SSSR count). The van der Waals surface area contributed by atoms with E-state index in [1.54, 1.807) is 6.07 Å². The van der Waals surface area contributed by atoms with Crippen molar-refractivity contribution in [1.82, 2.24) is 0 Å². The van der Waals surface area contributed by atoms with Gasteiger partial charge in [-0.05, 0) is 12.1 Å². The fourth-order valence-corrected chi connectivity index (χ4v) is 1.39. The van der Waals surface area contributed by atoms with Crippen LogP contribution < -0.4 is 0 Å². The van der Waals surface area contributed by atoms with Crippen molar-refractivity contribution in [1.29, 1.82) is 0 Å². The first-order chi connectivity index (χ1) is 9.88. The van der Waals surface area contributed by atoms with Gasteiger partial charge in [-0.1, -0.05) is 18.2 Å². The first kappa shape index (κ1) is 16.9. The van der Waals surface area contributed by atoms with E-state index >= 15 is 0 Å². The molecule has 0 amide bonds. The number of aliphatic hydroxyl groups excluding tert-OH is 4. The summed E-state index contributed by atoms with van der Waals surface area (Å²) in [7, 11) is 0. The lowest BCUT2D eigenvalue weighted by Crippen LogP contribution is -2.48. The third-order valence-corrected chi connectivity index (χ3v) is 2.61. The number of hydrogen-bond donors (Lipinski definition) is 4. The minimum Gasteiger partial charge on any atom is -0.387 e. The predicted octanol–water partition coefficient (Wildman–Crippen LogP) is -1.99. The zero-order valence-corrected chi connectivity index (χ0v) is 10.7. The summed E-state index contributed by atoms with van der Waals surface area (Å²) < 4.78 is 4.31. The van der Waals surface area contributed by atoms with E-state index in [1.807, 2.05) is 0 Å². The standard InChI is InChI=1S/C13H14O8/c14-6-8(15)9(16)10(17)11(18)13(20)21-12(19)7-4-2-1-3-5-7/h1-6,8-11,15-18H/t8-,9+,10-,11-/m0/s1. The topological polar surface area (TPSA) is 141 Å². The van der Waals surface area contributed by atoms with E-state index in [-0.39, 0.29) is 11.8 Å². The van der Waals surface area contributed by atoms with Gasteiger partial charge in [-0.15, -0.1) is 0 Å². The molecule has 1 aromatic rings. The molecule has 0 unspecified atom stereocenters. The van der Waals surface area contributed by atoms with Gasteiger partial charge in [-0.25, -0.2) is 9.59 Å². The van der Waals surface area contributed by atoms with Crippen LogP contribution in [-0.4, -0.2) is 63.1 Å². The summed E-state index contributed by atoms with van der Waals surface area (Å²) in [6, 6.07) is 7.41. The van der Waals surface area contributed by atoms with Gasteiger partial charge in [0, 0.05) is 0 Å². The highest BCUT2D eigenvalue weighted by molar-refractivity contribution is 5.97. The SMILES string of the molecule is O=C[C@H](O)[C@@H](O)[C@H](O)[C@H](O)C(=O)OC(=O)c1ccccc1. The molecule has 4 atom stereocenters. The van der Waals surface area contributed by atoms with Crippen LogP contribution in [0.2, 0.25) is 0 Å². The van der Waals surface area contributed by atoms with E-state index < -0.39 is 36.4 Å². The fourth-order valence-electron chi connectivity index (χ4n) is 1.39. The number of hydrogen-bond acceptors (Lipinski definition) is 8. The number of carbonyl (C=O) groups is 3. The maximum Gasteiger partial charge on any atom is 0.345 e. The minimum atomic E-state index is -2.30. The van der Waals surface area contributed by atoms with Crippen LogP contribution in [0, 0.1) is 0 Å². The predicted molar refractivity (Wildman–Crippen MR) is 67.0 cm³/mol. The summed E-state index contributed by atoms with van der Waals surface area (Å²) in [5, 5.41) is 37.1. The number of carbonyl (C=O) groups excluding carboxylic acids is 3. The van der Waals surface area contributed by atoms with Crippen molar-refractivity contribution in [3.05, 3.63) is 35.9 Å². The highest BCUT2D eigenvalue weighted by Gasteiger charge is 2.36. The molecule has 21 heavy (non-hydrogen) atoms. The molecule has 0 bridgehead atoms. The maximum atomic E-state index is 11.5. The van der Waals surface area contributed by atoms with E-state index in [0.717, 1.165) is 0 Å². The minimum absolute atomic E-state index is 0.0426. The van der Waals surface area contributed by atoms with Gasteiger partial charge >= 0.3 is 11.9 Å². The van der Waals surface area contributed by atoms with Crippen molar-refractivity contribution in [3.63, 3.8) is 0 Å². The summed E-state index contributed by atoms with van der Waals surface area (Å²) in [5.41, 5.74) is 0.0426. The number of aliphatic hydroxyl groups is 4. The van der Waals surface area contributed by atoms with E-state index in [4.69, 9.17) is 5.11 Å². The summed E-state index contributed by atoms with van der Waals surface area (Å²) in [5.74, 6) is -2.58. The van der Waals surface area contributed by atoms with Gasteiger partial charge in [0.15, 0.2) is 12.4 Å². The molecule has 0 aliphatic carbocycles. The molecule has 4 N–H and O–H groups in total. The Morgan fingerprint density at radius 2 is 1.57 bits per heavy atom. The third kappa shape index (κ3) is 4.43. The largest absolute Gasteiger partial charge is 0.387 e. The molecule has 0 aromatic heterocycles. The number of esters is 2. The van der Waals surface area contributed by atoms with Crippen LogP contribution in [0.5, 0.6) is 0 Å². The molecule has 8 nitrogen and oxygen atoms in total. The van der Waals surface area contributed by atoms with Crippen molar-refractivity contribution in [3.8, 4) is 0 Å². The second kappa shape index (κ2) is 7.60. The number of rotatable bonds is 6. The Morgan fingerprint density at radius 3 is 2.10 bits per heavy atom. The van der Waals surface area contributed by atoms with Crippen LogP contribution in [0.4, 0.5) is 0 Å². The molecule has 0 spiro atoms. The number of ether oxygens (including phenoxy) is 1. The third-order valence-electron chi connectivity index (χ3n) is 2.61. The highest BCUT2D eigenvalue weighted by atomic mass is 16.6. The van der Waals surface area contributed by atoms with Gasteiger partial charge in [0.05, 0.1) is 5.56 Å². The van der Waals surface area contributed by atoms with Crippen LogP contribution in [0.25, 0.3) is 0 Å². The zero-order chi connectivity index (χ0) is 16.0. The normalized spacial score (nSPS) is 16.4. The molecule has 0 saturated carbocycles. The summed E-state index contributed by atoms with van der Waals surface area (Å²) in [6.07, 6.45) is -8.67. The molecule has 0 radical (unpaired) electrons. The molecule has 1 aromatic carbocycles. The molecule has 0 fully saturated rings. The monoisotopic (exact) mass is 298 g/mol. The second-order valence-electron chi connectivity index (χ2n) is 4.13. The lowest BCUT2D eigenvalue weighted by Gasteiger charge is -2.22. The van der Waals surface area contributed by atoms with Gasteiger partial charge in [0.1, 0.15) is 18.3 Å². The Bertz CT molecular complexity index is 500. The summed E-state index contributed by atoms with van der Waals surface area (Å²) in [4.78, 5) is 33.2. The van der Waals surface area contributed by atoms with Gasteiger partial charge in [0.2, 0.25) is 0 Å². The highest BCUT2D eigenvalue weighted by Crippen LogP contribution is 2.08. The van der Waals surface area contributed by atoms with E-state index in [2.05, 4.69) is 4.74 Å². The molecular formula is C13H14O8. The van der Waals surface area contributed by atoms with Gasteiger partial charge < -0.3 is 30.0 Å². The lowest BCUT2D eigenvalue weighted by atomic mass is 10.0. The van der Waals surface area contributed by atoms with Crippen LogP contribution >= 0.6 is 0 Å². The van der Waals surface area contributed by atoms with E-state index in [9.17, 15) is 29.7 Å². The maximum absolute atomic E-state index is 11.5. The average Bonchev–Trinajstić information content (AvgIpc) is 2.52. The summed E-state index contributed by atoms with van der Waals surface area (Å²) >= 11 is 0. The second-order valence-corrected chi connectivity index (χ2v) is 4.13. The summed E-state index contributed by atoms with van der Waals surface area (Å²) in [6.45, 7) is 0. The average molecular weight is 298 g/mol. The first-order valence-electron chi connectivity index (χ1n) is 5.87. The number of aldehydes is 1. The fraction of sp³-hybridized carbons (Fsp3) is 0.308.